The van der Waals surface area contributed by atoms with Gasteiger partial charge in [0.15, 0.2) is 0 Å². The van der Waals surface area contributed by atoms with Crippen LogP contribution in [0.3, 0.4) is 0 Å². The topological polar surface area (TPSA) is 34.2 Å². The normalized spacial score (nSPS) is 10.4. The second kappa shape index (κ2) is 7.12. The van der Waals surface area contributed by atoms with E-state index in [0.29, 0.717) is 5.02 Å². The van der Waals surface area contributed by atoms with E-state index in [1.54, 1.807) is 12.3 Å². The fourth-order valence-electron chi connectivity index (χ4n) is 1.70. The Morgan fingerprint density at radius 1 is 1.32 bits per heavy atom. The van der Waals surface area contributed by atoms with Crippen molar-refractivity contribution in [3.63, 3.8) is 0 Å². The quantitative estimate of drug-likeness (QED) is 0.809. The molecule has 2 rings (SSSR count). The number of hydrogen-bond donors (Lipinski definition) is 1. The zero-order chi connectivity index (χ0) is 13.5. The van der Waals surface area contributed by atoms with E-state index in [0.717, 1.165) is 36.6 Å². The van der Waals surface area contributed by atoms with Crippen molar-refractivity contribution < 1.29 is 4.74 Å². The van der Waals surface area contributed by atoms with E-state index in [2.05, 4.69) is 17.2 Å². The fourth-order valence-corrected chi connectivity index (χ4v) is 1.88. The van der Waals surface area contributed by atoms with Crippen LogP contribution in [0.2, 0.25) is 5.02 Å². The molecule has 0 saturated heterocycles. The van der Waals surface area contributed by atoms with Crippen molar-refractivity contribution in [2.75, 3.05) is 6.54 Å². The highest BCUT2D eigenvalue weighted by atomic mass is 35.5. The minimum atomic E-state index is 0.664. The number of nitrogens with one attached hydrogen (secondary N) is 1. The van der Waals surface area contributed by atoms with E-state index in [9.17, 15) is 0 Å². The lowest BCUT2D eigenvalue weighted by Gasteiger charge is -2.11. The van der Waals surface area contributed by atoms with Gasteiger partial charge >= 0.3 is 0 Å². The fraction of sp³-hybridized carbons (Fsp3) is 0.267. The average Bonchev–Trinajstić information content (AvgIpc) is 2.41. The first-order valence-corrected chi connectivity index (χ1v) is 6.74. The maximum atomic E-state index is 5.95. The summed E-state index contributed by atoms with van der Waals surface area (Å²) in [4.78, 5) is 4.14. The van der Waals surface area contributed by atoms with Crippen LogP contribution >= 0.6 is 11.6 Å². The van der Waals surface area contributed by atoms with Crippen molar-refractivity contribution in [3.05, 3.63) is 53.3 Å². The second-order valence-corrected chi connectivity index (χ2v) is 4.66. The molecular formula is C15H17ClN2O. The Labute approximate surface area is 118 Å². The van der Waals surface area contributed by atoms with Crippen LogP contribution in [0.5, 0.6) is 11.5 Å². The van der Waals surface area contributed by atoms with Crippen LogP contribution in [0.15, 0.2) is 42.7 Å². The van der Waals surface area contributed by atoms with E-state index in [1.807, 2.05) is 30.5 Å². The molecule has 19 heavy (non-hydrogen) atoms. The third-order valence-electron chi connectivity index (χ3n) is 2.62. The number of nitrogens with zero attached hydrogens (tertiary/aromatic N) is 1. The van der Waals surface area contributed by atoms with Crippen LogP contribution in [0.1, 0.15) is 18.9 Å². The molecule has 0 aliphatic carbocycles. The van der Waals surface area contributed by atoms with Gasteiger partial charge in [0.1, 0.15) is 11.5 Å². The van der Waals surface area contributed by atoms with E-state index in [4.69, 9.17) is 16.3 Å². The monoisotopic (exact) mass is 276 g/mol. The molecule has 4 heteroatoms. The third-order valence-corrected chi connectivity index (χ3v) is 2.86. The van der Waals surface area contributed by atoms with E-state index in [1.165, 1.54) is 0 Å². The van der Waals surface area contributed by atoms with E-state index in [-0.39, 0.29) is 0 Å². The first kappa shape index (κ1) is 13.8. The molecular weight excluding hydrogens is 260 g/mol. The molecule has 0 radical (unpaired) electrons. The highest BCUT2D eigenvalue weighted by Crippen LogP contribution is 2.26. The minimum Gasteiger partial charge on any atom is -0.457 e. The summed E-state index contributed by atoms with van der Waals surface area (Å²) in [5.41, 5.74) is 1.04. The van der Waals surface area contributed by atoms with Gasteiger partial charge in [-0.15, -0.1) is 0 Å². The molecule has 0 spiro atoms. The third kappa shape index (κ3) is 4.23. The van der Waals surface area contributed by atoms with Crippen LogP contribution in [0.4, 0.5) is 0 Å². The molecule has 1 aromatic heterocycles. The molecule has 0 fully saturated rings. The molecule has 3 nitrogen and oxygen atoms in total. The number of aromatic nitrogens is 1. The first-order valence-electron chi connectivity index (χ1n) is 6.36. The largest absolute Gasteiger partial charge is 0.457 e. The lowest BCUT2D eigenvalue weighted by atomic mass is 10.2. The summed E-state index contributed by atoms with van der Waals surface area (Å²) in [5.74, 6) is 1.54. The van der Waals surface area contributed by atoms with Gasteiger partial charge in [0.05, 0.1) is 0 Å². The van der Waals surface area contributed by atoms with Gasteiger partial charge in [0.25, 0.3) is 0 Å². The van der Waals surface area contributed by atoms with Crippen molar-refractivity contribution in [1.82, 2.24) is 10.3 Å². The molecule has 0 atom stereocenters. The molecule has 0 aliphatic heterocycles. The van der Waals surface area contributed by atoms with Gasteiger partial charge in [-0.3, -0.25) is 4.98 Å². The number of hydrogen-bond acceptors (Lipinski definition) is 3. The number of pyridine rings is 1. The summed E-state index contributed by atoms with van der Waals surface area (Å²) < 4.78 is 5.86. The maximum absolute atomic E-state index is 5.95. The van der Waals surface area contributed by atoms with Crippen molar-refractivity contribution in [1.29, 1.82) is 0 Å². The zero-order valence-corrected chi connectivity index (χ0v) is 11.7. The zero-order valence-electron chi connectivity index (χ0n) is 10.9. The van der Waals surface area contributed by atoms with Gasteiger partial charge in [-0.25, -0.2) is 0 Å². The highest BCUT2D eigenvalue weighted by Gasteiger charge is 2.05. The summed E-state index contributed by atoms with van der Waals surface area (Å²) in [6, 6.07) is 9.24. The van der Waals surface area contributed by atoms with E-state index < -0.39 is 0 Å². The standard InChI is InChI=1S/C15H17ClN2O/c1-2-7-17-10-12-11-18-8-6-15(12)19-14-5-3-4-13(16)9-14/h3-6,8-9,11,17H,2,7,10H2,1H3. The summed E-state index contributed by atoms with van der Waals surface area (Å²) in [6.45, 7) is 3.86. The highest BCUT2D eigenvalue weighted by molar-refractivity contribution is 6.30. The summed E-state index contributed by atoms with van der Waals surface area (Å²) >= 11 is 5.95. The van der Waals surface area contributed by atoms with Gasteiger partial charge in [-0.2, -0.15) is 0 Å². The van der Waals surface area contributed by atoms with Gasteiger partial charge < -0.3 is 10.1 Å². The molecule has 0 unspecified atom stereocenters. The molecule has 0 aliphatic rings. The van der Waals surface area contributed by atoms with Gasteiger partial charge in [0.2, 0.25) is 0 Å². The first-order chi connectivity index (χ1) is 9.29. The predicted molar refractivity (Wildman–Crippen MR) is 77.8 cm³/mol. The lowest BCUT2D eigenvalue weighted by molar-refractivity contribution is 0.471. The van der Waals surface area contributed by atoms with Crippen LogP contribution < -0.4 is 10.1 Å². The summed E-state index contributed by atoms with van der Waals surface area (Å²) in [6.07, 6.45) is 4.65. The van der Waals surface area contributed by atoms with E-state index >= 15 is 0 Å². The van der Waals surface area contributed by atoms with Crippen LogP contribution in [-0.4, -0.2) is 11.5 Å². The van der Waals surface area contributed by atoms with Crippen LogP contribution in [0, 0.1) is 0 Å². The molecule has 1 heterocycles. The number of rotatable bonds is 6. The van der Waals surface area contributed by atoms with Gasteiger partial charge in [-0.05, 0) is 37.2 Å². The van der Waals surface area contributed by atoms with Gasteiger partial charge in [0, 0.05) is 29.5 Å². The minimum absolute atomic E-state index is 0.664. The predicted octanol–water partition coefficient (Wildman–Crippen LogP) is 4.03. The molecule has 1 aromatic carbocycles. The Hall–Kier alpha value is -1.58. The van der Waals surface area contributed by atoms with Gasteiger partial charge in [-0.1, -0.05) is 24.6 Å². The molecule has 0 bridgehead atoms. The number of benzene rings is 1. The van der Waals surface area contributed by atoms with Crippen LogP contribution in [0.25, 0.3) is 0 Å². The van der Waals surface area contributed by atoms with Crippen molar-refractivity contribution >= 4 is 11.6 Å². The number of halogens is 1. The summed E-state index contributed by atoms with van der Waals surface area (Å²) in [5, 5.41) is 4.01. The Balaban J connectivity index is 2.11. The van der Waals surface area contributed by atoms with Crippen molar-refractivity contribution in [3.8, 4) is 11.5 Å². The number of ether oxygens (including phenoxy) is 1. The van der Waals surface area contributed by atoms with Crippen molar-refractivity contribution in [2.45, 2.75) is 19.9 Å². The summed E-state index contributed by atoms with van der Waals surface area (Å²) in [7, 11) is 0. The average molecular weight is 277 g/mol. The Morgan fingerprint density at radius 2 is 2.21 bits per heavy atom. The Morgan fingerprint density at radius 3 is 3.00 bits per heavy atom. The molecule has 0 saturated carbocycles. The SMILES string of the molecule is CCCNCc1cnccc1Oc1cccc(Cl)c1. The Bertz CT molecular complexity index is 531. The van der Waals surface area contributed by atoms with Crippen LogP contribution in [-0.2, 0) is 6.54 Å². The Kier molecular flexibility index (Phi) is 5.19. The maximum Gasteiger partial charge on any atom is 0.134 e. The molecule has 100 valence electrons. The lowest BCUT2D eigenvalue weighted by Crippen LogP contribution is -2.14. The smallest absolute Gasteiger partial charge is 0.134 e. The van der Waals surface area contributed by atoms with Crippen molar-refractivity contribution in [2.24, 2.45) is 0 Å². The molecule has 0 amide bonds. The molecule has 2 aromatic rings. The molecule has 1 N–H and O–H groups in total. The second-order valence-electron chi connectivity index (χ2n) is 4.22.